The normalized spacial score (nSPS) is 32.3. The number of aldehydes is 1. The molecule has 0 heterocycles. The van der Waals surface area contributed by atoms with Crippen molar-refractivity contribution in [1.29, 1.82) is 0 Å². The van der Waals surface area contributed by atoms with E-state index in [0.29, 0.717) is 5.92 Å². The van der Waals surface area contributed by atoms with Crippen LogP contribution in [0.1, 0.15) is 52.4 Å². The van der Waals surface area contributed by atoms with Gasteiger partial charge >= 0.3 is 0 Å². The Labute approximate surface area is 99.8 Å². The maximum atomic E-state index is 11.4. The number of rotatable bonds is 6. The molecule has 2 nitrogen and oxygen atoms in total. The highest BCUT2D eigenvalue weighted by Crippen LogP contribution is 2.47. The summed E-state index contributed by atoms with van der Waals surface area (Å²) in [5, 5.41) is 0. The standard InChI is InChI=1S/C14H26O2/c1-4-7-13(10-15)14(11-16-3)9-6-5-8-12(14)2/h10,12-13H,4-9,11H2,1-3H3. The molecule has 0 bridgehead atoms. The molecule has 2 heteroatoms. The molecule has 0 aliphatic heterocycles. The third kappa shape index (κ3) is 2.65. The van der Waals surface area contributed by atoms with Crippen LogP contribution in [0.4, 0.5) is 0 Å². The van der Waals surface area contributed by atoms with E-state index in [4.69, 9.17) is 4.74 Å². The van der Waals surface area contributed by atoms with Crippen molar-refractivity contribution in [3.8, 4) is 0 Å². The molecule has 16 heavy (non-hydrogen) atoms. The predicted molar refractivity (Wildman–Crippen MR) is 66.4 cm³/mol. The van der Waals surface area contributed by atoms with Gasteiger partial charge in [0.1, 0.15) is 6.29 Å². The van der Waals surface area contributed by atoms with Crippen molar-refractivity contribution < 1.29 is 9.53 Å². The van der Waals surface area contributed by atoms with E-state index in [0.717, 1.165) is 25.9 Å². The van der Waals surface area contributed by atoms with Gasteiger partial charge in [0.05, 0.1) is 6.61 Å². The molecule has 0 N–H and O–H groups in total. The van der Waals surface area contributed by atoms with Crippen LogP contribution in [0, 0.1) is 17.3 Å². The van der Waals surface area contributed by atoms with Gasteiger partial charge in [-0.05, 0) is 18.8 Å². The summed E-state index contributed by atoms with van der Waals surface area (Å²) in [5.74, 6) is 0.802. The Bertz CT molecular complexity index is 211. The Hall–Kier alpha value is -0.370. The molecule has 1 fully saturated rings. The van der Waals surface area contributed by atoms with Crippen LogP contribution < -0.4 is 0 Å². The van der Waals surface area contributed by atoms with Gasteiger partial charge in [-0.2, -0.15) is 0 Å². The molecule has 0 saturated heterocycles. The Morgan fingerprint density at radius 2 is 2.25 bits per heavy atom. The van der Waals surface area contributed by atoms with Crippen LogP contribution >= 0.6 is 0 Å². The van der Waals surface area contributed by atoms with Gasteiger partial charge in [0.25, 0.3) is 0 Å². The fourth-order valence-electron chi connectivity index (χ4n) is 3.38. The lowest BCUT2D eigenvalue weighted by Gasteiger charge is -2.46. The molecule has 0 spiro atoms. The number of hydrogen-bond donors (Lipinski definition) is 0. The number of carbonyl (C=O) groups excluding carboxylic acids is 1. The molecule has 0 radical (unpaired) electrons. The lowest BCUT2D eigenvalue weighted by molar-refractivity contribution is -0.122. The Kier molecular flexibility index (Phi) is 5.47. The summed E-state index contributed by atoms with van der Waals surface area (Å²) >= 11 is 0. The average molecular weight is 226 g/mol. The van der Waals surface area contributed by atoms with E-state index in [1.54, 1.807) is 7.11 Å². The van der Waals surface area contributed by atoms with Crippen LogP contribution in [0.25, 0.3) is 0 Å². The van der Waals surface area contributed by atoms with Gasteiger partial charge in [0.2, 0.25) is 0 Å². The Balaban J connectivity index is 2.86. The molecular formula is C14H26O2. The molecule has 94 valence electrons. The summed E-state index contributed by atoms with van der Waals surface area (Å²) in [6, 6.07) is 0. The van der Waals surface area contributed by atoms with Crippen LogP contribution in [-0.2, 0) is 9.53 Å². The molecule has 0 aromatic carbocycles. The van der Waals surface area contributed by atoms with Crippen molar-refractivity contribution in [2.75, 3.05) is 13.7 Å². The van der Waals surface area contributed by atoms with Gasteiger partial charge in [0, 0.05) is 18.4 Å². The van der Waals surface area contributed by atoms with Crippen molar-refractivity contribution in [3.63, 3.8) is 0 Å². The van der Waals surface area contributed by atoms with Crippen molar-refractivity contribution in [2.24, 2.45) is 17.3 Å². The quantitative estimate of drug-likeness (QED) is 0.648. The lowest BCUT2D eigenvalue weighted by atomic mass is 9.60. The first kappa shape index (κ1) is 13.7. The van der Waals surface area contributed by atoms with Crippen molar-refractivity contribution >= 4 is 6.29 Å². The van der Waals surface area contributed by atoms with E-state index < -0.39 is 0 Å². The molecule has 1 aliphatic carbocycles. The second-order valence-electron chi connectivity index (χ2n) is 5.34. The minimum absolute atomic E-state index is 0.116. The molecule has 1 aliphatic rings. The molecule has 1 saturated carbocycles. The highest BCUT2D eigenvalue weighted by Gasteiger charge is 2.44. The highest BCUT2D eigenvalue weighted by molar-refractivity contribution is 5.55. The predicted octanol–water partition coefficient (Wildman–Crippen LogP) is 3.44. The minimum Gasteiger partial charge on any atom is -0.384 e. The Morgan fingerprint density at radius 1 is 1.50 bits per heavy atom. The number of ether oxygens (including phenoxy) is 1. The maximum Gasteiger partial charge on any atom is 0.123 e. The molecule has 0 aromatic rings. The van der Waals surface area contributed by atoms with Crippen molar-refractivity contribution in [2.45, 2.75) is 52.4 Å². The van der Waals surface area contributed by atoms with E-state index in [9.17, 15) is 4.79 Å². The van der Waals surface area contributed by atoms with Gasteiger partial charge < -0.3 is 9.53 Å². The largest absolute Gasteiger partial charge is 0.384 e. The second-order valence-corrected chi connectivity index (χ2v) is 5.34. The summed E-state index contributed by atoms with van der Waals surface area (Å²) in [7, 11) is 1.76. The smallest absolute Gasteiger partial charge is 0.123 e. The van der Waals surface area contributed by atoms with Gasteiger partial charge in [-0.25, -0.2) is 0 Å². The summed E-state index contributed by atoms with van der Waals surface area (Å²) < 4.78 is 5.43. The number of methoxy groups -OCH3 is 1. The first-order chi connectivity index (χ1) is 7.71. The van der Waals surface area contributed by atoms with E-state index >= 15 is 0 Å². The van der Waals surface area contributed by atoms with E-state index in [1.807, 2.05) is 0 Å². The summed E-state index contributed by atoms with van der Waals surface area (Å²) in [5.41, 5.74) is 0.116. The Morgan fingerprint density at radius 3 is 2.75 bits per heavy atom. The number of carbonyl (C=O) groups is 1. The van der Waals surface area contributed by atoms with E-state index in [-0.39, 0.29) is 11.3 Å². The molecule has 3 unspecified atom stereocenters. The molecule has 1 rings (SSSR count). The van der Waals surface area contributed by atoms with Crippen LogP contribution in [0.2, 0.25) is 0 Å². The monoisotopic (exact) mass is 226 g/mol. The van der Waals surface area contributed by atoms with Gasteiger partial charge in [-0.15, -0.1) is 0 Å². The van der Waals surface area contributed by atoms with Crippen LogP contribution in [-0.4, -0.2) is 20.0 Å². The zero-order valence-electron chi connectivity index (χ0n) is 11.0. The van der Waals surface area contributed by atoms with E-state index in [1.165, 1.54) is 25.5 Å². The van der Waals surface area contributed by atoms with E-state index in [2.05, 4.69) is 13.8 Å². The molecule has 0 aromatic heterocycles. The highest BCUT2D eigenvalue weighted by atomic mass is 16.5. The minimum atomic E-state index is 0.116. The third-order valence-electron chi connectivity index (χ3n) is 4.43. The van der Waals surface area contributed by atoms with Crippen molar-refractivity contribution in [1.82, 2.24) is 0 Å². The average Bonchev–Trinajstić information content (AvgIpc) is 2.29. The SMILES string of the molecule is CCCC(C=O)C1(COC)CCCCC1C. The second kappa shape index (κ2) is 6.39. The topological polar surface area (TPSA) is 26.3 Å². The van der Waals surface area contributed by atoms with Crippen LogP contribution in [0.5, 0.6) is 0 Å². The summed E-state index contributed by atoms with van der Waals surface area (Å²) in [6.07, 6.45) is 8.25. The maximum absolute atomic E-state index is 11.4. The zero-order valence-corrected chi connectivity index (χ0v) is 11.0. The summed E-state index contributed by atoms with van der Waals surface area (Å²) in [4.78, 5) is 11.4. The fraction of sp³-hybridized carbons (Fsp3) is 0.929. The third-order valence-corrected chi connectivity index (χ3v) is 4.43. The van der Waals surface area contributed by atoms with Crippen LogP contribution in [0.15, 0.2) is 0 Å². The number of hydrogen-bond acceptors (Lipinski definition) is 2. The van der Waals surface area contributed by atoms with Crippen molar-refractivity contribution in [3.05, 3.63) is 0 Å². The lowest BCUT2D eigenvalue weighted by Crippen LogP contribution is -2.43. The first-order valence-electron chi connectivity index (χ1n) is 6.65. The molecule has 3 atom stereocenters. The van der Waals surface area contributed by atoms with Crippen LogP contribution in [0.3, 0.4) is 0 Å². The fourth-order valence-corrected chi connectivity index (χ4v) is 3.38. The van der Waals surface area contributed by atoms with Gasteiger partial charge in [-0.1, -0.05) is 39.5 Å². The zero-order chi connectivity index (χ0) is 12.0. The summed E-state index contributed by atoms with van der Waals surface area (Å²) in [6.45, 7) is 5.20. The first-order valence-corrected chi connectivity index (χ1v) is 6.65. The molecular weight excluding hydrogens is 200 g/mol. The molecule has 0 amide bonds. The van der Waals surface area contributed by atoms with Gasteiger partial charge in [0.15, 0.2) is 0 Å². The van der Waals surface area contributed by atoms with Gasteiger partial charge in [-0.3, -0.25) is 0 Å².